The first kappa shape index (κ1) is 6.41. The average Bonchev–Trinajstić information content (AvgIpc) is 2.17. The van der Waals surface area contributed by atoms with Crippen molar-refractivity contribution in [3.05, 3.63) is 21.2 Å². The van der Waals surface area contributed by atoms with Crippen molar-refractivity contribution in [3.8, 4) is 0 Å². The highest BCUT2D eigenvalue weighted by molar-refractivity contribution is 8.05. The summed E-state index contributed by atoms with van der Waals surface area (Å²) < 4.78 is 21.6. The molecule has 58 valence electrons. The Hall–Kier alpha value is -1.30. The van der Waals surface area contributed by atoms with Gasteiger partial charge in [-0.05, 0) is 0 Å². The van der Waals surface area contributed by atoms with Crippen LogP contribution in [0, 0.1) is 0 Å². The summed E-state index contributed by atoms with van der Waals surface area (Å²) >= 11 is 0. The zero-order chi connectivity index (χ0) is 8.06. The Bertz CT molecular complexity index is 517. The number of fused-ring (bicyclic) bond motifs is 1. The van der Waals surface area contributed by atoms with E-state index in [1.54, 1.807) is 0 Å². The van der Waals surface area contributed by atoms with Gasteiger partial charge in [-0.25, -0.2) is 13.2 Å². The fourth-order valence-corrected chi connectivity index (χ4v) is 2.06. The average molecular weight is 172 g/mol. The van der Waals surface area contributed by atoms with E-state index in [-0.39, 0.29) is 0 Å². The van der Waals surface area contributed by atoms with Crippen molar-refractivity contribution in [3.63, 3.8) is 0 Å². The first-order valence-electron chi connectivity index (χ1n) is 2.84. The van der Waals surface area contributed by atoms with Gasteiger partial charge in [-0.15, -0.1) is 0 Å². The maximum absolute atomic E-state index is 10.8. The smallest absolute Gasteiger partial charge is 0.305 e. The van der Waals surface area contributed by atoms with E-state index in [0.717, 1.165) is 10.8 Å². The Balaban J connectivity index is 3.08. The van der Waals surface area contributed by atoms with E-state index >= 15 is 0 Å². The van der Waals surface area contributed by atoms with Gasteiger partial charge < -0.3 is 9.97 Å². The zero-order valence-corrected chi connectivity index (χ0v) is 6.10. The molecule has 0 bridgehead atoms. The fraction of sp³-hybridized carbons (Fsp3) is 0. The molecule has 0 aromatic carbocycles. The van der Waals surface area contributed by atoms with Crippen LogP contribution in [-0.4, -0.2) is 18.4 Å². The van der Waals surface area contributed by atoms with Crippen LogP contribution in [0.4, 0.5) is 0 Å². The summed E-state index contributed by atoms with van der Waals surface area (Å²) in [6.45, 7) is 0. The molecule has 0 saturated heterocycles. The van der Waals surface area contributed by atoms with Gasteiger partial charge in [0.2, 0.25) is 0 Å². The van der Waals surface area contributed by atoms with E-state index in [1.807, 2.05) is 0 Å². The van der Waals surface area contributed by atoms with Gasteiger partial charge in [0, 0.05) is 0 Å². The molecule has 2 heterocycles. The Morgan fingerprint density at radius 3 is 2.00 bits per heavy atom. The van der Waals surface area contributed by atoms with Crippen LogP contribution in [0.1, 0.15) is 0 Å². The van der Waals surface area contributed by atoms with Crippen molar-refractivity contribution >= 4 is 20.7 Å². The molecule has 0 radical (unpaired) electrons. The van der Waals surface area contributed by atoms with E-state index in [2.05, 4.69) is 9.97 Å². The number of sulfone groups is 1. The zero-order valence-electron chi connectivity index (χ0n) is 5.29. The van der Waals surface area contributed by atoms with Crippen molar-refractivity contribution in [2.24, 2.45) is 0 Å². The molecule has 0 atom stereocenters. The summed E-state index contributed by atoms with van der Waals surface area (Å²) in [5.41, 5.74) is -0.391. The summed E-state index contributed by atoms with van der Waals surface area (Å²) in [7, 11) is -3.23. The van der Waals surface area contributed by atoms with Gasteiger partial charge in [0.15, 0.2) is 9.84 Å². The third-order valence-corrected chi connectivity index (χ3v) is 2.48. The second-order valence-electron chi connectivity index (χ2n) is 2.23. The highest BCUT2D eigenvalue weighted by atomic mass is 32.2. The lowest BCUT2D eigenvalue weighted by Crippen LogP contribution is -2.19. The van der Waals surface area contributed by atoms with E-state index in [1.165, 1.54) is 0 Å². The minimum atomic E-state index is -3.23. The standard InChI is InChI=1S/C5H4N2O3S/c8-5-6-3-1-11(9,10)2-4(3)7-5/h1-2H,(H2,6,7,8). The number of rotatable bonds is 0. The molecule has 11 heavy (non-hydrogen) atoms. The third kappa shape index (κ3) is 0.911. The summed E-state index contributed by atoms with van der Waals surface area (Å²) in [4.78, 5) is 15.2. The molecule has 1 aromatic rings. The van der Waals surface area contributed by atoms with Gasteiger partial charge in [-0.2, -0.15) is 0 Å². The van der Waals surface area contributed by atoms with Crippen LogP contribution >= 0.6 is 0 Å². The molecule has 0 spiro atoms. The summed E-state index contributed by atoms with van der Waals surface area (Å²) in [6.07, 6.45) is 0. The third-order valence-electron chi connectivity index (χ3n) is 1.35. The van der Waals surface area contributed by atoms with Gasteiger partial charge in [-0.1, -0.05) is 0 Å². The number of aromatic amines is 2. The summed E-state index contributed by atoms with van der Waals surface area (Å²) in [5.74, 6) is 0. The van der Waals surface area contributed by atoms with Gasteiger partial charge in [0.25, 0.3) is 0 Å². The molecule has 2 rings (SSSR count). The number of hydrogen-bond acceptors (Lipinski definition) is 3. The van der Waals surface area contributed by atoms with Crippen LogP contribution in [0.2, 0.25) is 0 Å². The fourth-order valence-electron chi connectivity index (χ4n) is 0.959. The largest absolute Gasteiger partial charge is 0.323 e. The Labute approximate surface area is 61.0 Å². The molecule has 1 aromatic heterocycles. The van der Waals surface area contributed by atoms with E-state index in [4.69, 9.17) is 0 Å². The van der Waals surface area contributed by atoms with Crippen molar-refractivity contribution < 1.29 is 8.42 Å². The van der Waals surface area contributed by atoms with E-state index < -0.39 is 15.5 Å². The Morgan fingerprint density at radius 2 is 1.55 bits per heavy atom. The van der Waals surface area contributed by atoms with Crippen LogP contribution in [0.5, 0.6) is 0 Å². The number of H-pyrrole nitrogens is 2. The maximum atomic E-state index is 10.8. The molecule has 0 unspecified atom stereocenters. The number of hydrogen-bond donors (Lipinski definition) is 2. The molecule has 0 aliphatic carbocycles. The highest BCUT2D eigenvalue weighted by Crippen LogP contribution is 1.93. The van der Waals surface area contributed by atoms with Crippen LogP contribution < -0.4 is 16.4 Å². The Morgan fingerprint density at radius 1 is 1.09 bits per heavy atom. The number of nitrogens with one attached hydrogen (secondary N) is 2. The molecular weight excluding hydrogens is 168 g/mol. The van der Waals surface area contributed by atoms with E-state index in [9.17, 15) is 13.2 Å². The van der Waals surface area contributed by atoms with Crippen molar-refractivity contribution in [2.75, 3.05) is 0 Å². The molecule has 2 N–H and O–H groups in total. The SMILES string of the molecule is O=c1[nH]c2c([nH]1)=CS(=O)(=O)C=2. The van der Waals surface area contributed by atoms with Gasteiger partial charge in [0.1, 0.15) is 0 Å². The topological polar surface area (TPSA) is 82.8 Å². The predicted molar refractivity (Wildman–Crippen MR) is 38.5 cm³/mol. The highest BCUT2D eigenvalue weighted by Gasteiger charge is 2.09. The van der Waals surface area contributed by atoms with Gasteiger partial charge >= 0.3 is 5.69 Å². The molecule has 6 heteroatoms. The quantitative estimate of drug-likeness (QED) is 0.458. The monoisotopic (exact) mass is 172 g/mol. The van der Waals surface area contributed by atoms with Gasteiger partial charge in [0.05, 0.1) is 21.5 Å². The maximum Gasteiger partial charge on any atom is 0.323 e. The molecule has 0 amide bonds. The Kier molecular flexibility index (Phi) is 0.960. The lowest BCUT2D eigenvalue weighted by molar-refractivity contribution is 0.617. The van der Waals surface area contributed by atoms with Crippen molar-refractivity contribution in [1.82, 2.24) is 9.97 Å². The first-order chi connectivity index (χ1) is 5.07. The van der Waals surface area contributed by atoms with Crippen LogP contribution in [-0.2, 0) is 9.84 Å². The van der Waals surface area contributed by atoms with Gasteiger partial charge in [-0.3, -0.25) is 0 Å². The second kappa shape index (κ2) is 1.65. The van der Waals surface area contributed by atoms with Crippen molar-refractivity contribution in [1.29, 1.82) is 0 Å². The number of imidazole rings is 1. The molecule has 1 aliphatic rings. The molecule has 0 fully saturated rings. The molecule has 1 aliphatic heterocycles. The van der Waals surface area contributed by atoms with Crippen molar-refractivity contribution in [2.45, 2.75) is 0 Å². The minimum absolute atomic E-state index is 0.329. The number of aromatic nitrogens is 2. The van der Waals surface area contributed by atoms with E-state index in [0.29, 0.717) is 10.7 Å². The normalized spacial score (nSPS) is 18.5. The first-order valence-corrected chi connectivity index (χ1v) is 4.45. The second-order valence-corrected chi connectivity index (χ2v) is 3.88. The lowest BCUT2D eigenvalue weighted by Gasteiger charge is -1.76. The van der Waals surface area contributed by atoms with Crippen LogP contribution in [0.3, 0.4) is 0 Å². The molecule has 5 nitrogen and oxygen atoms in total. The molecule has 0 saturated carbocycles. The summed E-state index contributed by atoms with van der Waals surface area (Å²) in [5, 5.41) is 2.69. The van der Waals surface area contributed by atoms with Crippen LogP contribution in [0.15, 0.2) is 4.79 Å². The minimum Gasteiger partial charge on any atom is -0.305 e. The summed E-state index contributed by atoms with van der Waals surface area (Å²) in [6, 6.07) is 0. The predicted octanol–water partition coefficient (Wildman–Crippen LogP) is -2.39. The van der Waals surface area contributed by atoms with Crippen LogP contribution in [0.25, 0.3) is 10.8 Å². The molecular formula is C5H4N2O3S. The lowest BCUT2D eigenvalue weighted by atomic mass is 10.6.